The Morgan fingerprint density at radius 3 is 2.17 bits per heavy atom. The van der Waals surface area contributed by atoms with Crippen molar-refractivity contribution in [1.29, 1.82) is 0 Å². The van der Waals surface area contributed by atoms with Crippen LogP contribution in [-0.2, 0) is 10.0 Å². The summed E-state index contributed by atoms with van der Waals surface area (Å²) in [7, 11) is -3.73. The molecule has 0 aromatic heterocycles. The Kier molecular flexibility index (Phi) is 5.81. The van der Waals surface area contributed by atoms with Crippen LogP contribution in [0.2, 0.25) is 5.02 Å². The Hall–Kier alpha value is -3.43. The minimum Gasteiger partial charge on any atom is -0.322 e. The average Bonchev–Trinajstić information content (AvgIpc) is 2.70. The number of nitro groups is 1. The predicted molar refractivity (Wildman–Crippen MR) is 110 cm³/mol. The van der Waals surface area contributed by atoms with Gasteiger partial charge in [-0.15, -0.1) is 0 Å². The molecule has 0 fully saturated rings. The summed E-state index contributed by atoms with van der Waals surface area (Å²) in [5.74, 6) is -0.628. The number of non-ortho nitro benzene ring substituents is 1. The summed E-state index contributed by atoms with van der Waals surface area (Å²) < 4.78 is 27.1. The zero-order chi connectivity index (χ0) is 21.0. The molecule has 0 aliphatic rings. The van der Waals surface area contributed by atoms with Gasteiger partial charge in [0.15, 0.2) is 0 Å². The number of nitrogens with one attached hydrogen (secondary N) is 2. The Labute approximate surface area is 171 Å². The molecule has 3 aromatic carbocycles. The lowest BCUT2D eigenvalue weighted by atomic mass is 10.2. The quantitative estimate of drug-likeness (QED) is 0.445. The Morgan fingerprint density at radius 1 is 0.931 bits per heavy atom. The fraction of sp³-hybridized carbons (Fsp3) is 0. The van der Waals surface area contributed by atoms with E-state index < -0.39 is 20.9 Å². The van der Waals surface area contributed by atoms with E-state index in [1.165, 1.54) is 48.5 Å². The molecule has 0 spiro atoms. The topological polar surface area (TPSA) is 118 Å². The number of carbonyl (C=O) groups is 1. The fourth-order valence-electron chi connectivity index (χ4n) is 2.43. The third-order valence-corrected chi connectivity index (χ3v) is 5.58. The first-order valence-electron chi connectivity index (χ1n) is 8.19. The summed E-state index contributed by atoms with van der Waals surface area (Å²) in [6.07, 6.45) is 0. The maximum atomic E-state index is 12.4. The van der Waals surface area contributed by atoms with Gasteiger partial charge in [0.25, 0.3) is 21.6 Å². The molecule has 0 heterocycles. The third kappa shape index (κ3) is 4.89. The van der Waals surface area contributed by atoms with Crippen LogP contribution in [0, 0.1) is 10.1 Å². The van der Waals surface area contributed by atoms with Crippen molar-refractivity contribution in [2.75, 3.05) is 10.0 Å². The van der Waals surface area contributed by atoms with E-state index in [9.17, 15) is 23.3 Å². The monoisotopic (exact) mass is 431 g/mol. The summed E-state index contributed by atoms with van der Waals surface area (Å²) in [5.41, 5.74) is 0.361. The van der Waals surface area contributed by atoms with Crippen molar-refractivity contribution in [1.82, 2.24) is 0 Å². The lowest BCUT2D eigenvalue weighted by molar-refractivity contribution is -0.384. The van der Waals surface area contributed by atoms with E-state index in [1.807, 2.05) is 0 Å². The first kappa shape index (κ1) is 20.3. The largest absolute Gasteiger partial charge is 0.322 e. The molecule has 0 aliphatic heterocycles. The SMILES string of the molecule is O=C(Nc1ccc(NS(=O)(=O)c2ccccc2)cc1)c1cc([N+](=O)[O-])ccc1Cl. The highest BCUT2D eigenvalue weighted by Crippen LogP contribution is 2.24. The van der Waals surface area contributed by atoms with Gasteiger partial charge in [-0.2, -0.15) is 0 Å². The molecule has 3 rings (SSSR count). The molecule has 29 heavy (non-hydrogen) atoms. The van der Waals surface area contributed by atoms with Gasteiger partial charge in [-0.1, -0.05) is 29.8 Å². The van der Waals surface area contributed by atoms with Crippen molar-refractivity contribution in [2.45, 2.75) is 4.90 Å². The summed E-state index contributed by atoms with van der Waals surface area (Å²) in [6.45, 7) is 0. The van der Waals surface area contributed by atoms with Crippen LogP contribution in [0.5, 0.6) is 0 Å². The van der Waals surface area contributed by atoms with Crippen LogP contribution >= 0.6 is 11.6 Å². The smallest absolute Gasteiger partial charge is 0.270 e. The van der Waals surface area contributed by atoms with Gasteiger partial charge in [-0.05, 0) is 42.5 Å². The van der Waals surface area contributed by atoms with Gasteiger partial charge in [0.05, 0.1) is 20.4 Å². The average molecular weight is 432 g/mol. The summed E-state index contributed by atoms with van der Waals surface area (Å²) in [4.78, 5) is 22.8. The lowest BCUT2D eigenvalue weighted by Gasteiger charge is -2.10. The van der Waals surface area contributed by atoms with Crippen LogP contribution in [0.4, 0.5) is 17.1 Å². The molecule has 10 heteroatoms. The van der Waals surface area contributed by atoms with Crippen LogP contribution in [0.15, 0.2) is 77.7 Å². The Morgan fingerprint density at radius 2 is 1.55 bits per heavy atom. The van der Waals surface area contributed by atoms with E-state index in [-0.39, 0.29) is 21.2 Å². The maximum absolute atomic E-state index is 12.4. The maximum Gasteiger partial charge on any atom is 0.270 e. The first-order chi connectivity index (χ1) is 13.8. The van der Waals surface area contributed by atoms with Gasteiger partial charge >= 0.3 is 0 Å². The molecule has 0 atom stereocenters. The lowest BCUT2D eigenvalue weighted by Crippen LogP contribution is -2.14. The minimum atomic E-state index is -3.73. The number of anilines is 2. The highest BCUT2D eigenvalue weighted by molar-refractivity contribution is 7.92. The second-order valence-electron chi connectivity index (χ2n) is 5.87. The zero-order valence-corrected chi connectivity index (χ0v) is 16.3. The molecule has 1 amide bonds. The third-order valence-electron chi connectivity index (χ3n) is 3.85. The number of nitrogens with zero attached hydrogens (tertiary/aromatic N) is 1. The van der Waals surface area contributed by atoms with Crippen molar-refractivity contribution in [3.05, 3.63) is 93.5 Å². The molecule has 0 aliphatic carbocycles. The van der Waals surface area contributed by atoms with Crippen LogP contribution in [0.3, 0.4) is 0 Å². The van der Waals surface area contributed by atoms with Crippen molar-refractivity contribution in [2.24, 2.45) is 0 Å². The summed E-state index contributed by atoms with van der Waals surface area (Å²) in [6, 6.07) is 17.4. The molecule has 0 bridgehead atoms. The normalized spacial score (nSPS) is 10.9. The highest BCUT2D eigenvalue weighted by atomic mass is 35.5. The molecular weight excluding hydrogens is 418 g/mol. The number of carbonyl (C=O) groups excluding carboxylic acids is 1. The van der Waals surface area contributed by atoms with E-state index in [2.05, 4.69) is 10.0 Å². The zero-order valence-electron chi connectivity index (χ0n) is 14.7. The van der Waals surface area contributed by atoms with Gasteiger partial charge in [0.2, 0.25) is 0 Å². The number of rotatable bonds is 6. The van der Waals surface area contributed by atoms with E-state index in [1.54, 1.807) is 18.2 Å². The van der Waals surface area contributed by atoms with Crippen LogP contribution in [0.1, 0.15) is 10.4 Å². The van der Waals surface area contributed by atoms with Crippen LogP contribution < -0.4 is 10.0 Å². The number of amides is 1. The van der Waals surface area contributed by atoms with Gasteiger partial charge < -0.3 is 5.32 Å². The van der Waals surface area contributed by atoms with Gasteiger partial charge in [0, 0.05) is 23.5 Å². The molecule has 0 unspecified atom stereocenters. The van der Waals surface area contributed by atoms with Crippen LogP contribution in [-0.4, -0.2) is 19.2 Å². The number of hydrogen-bond donors (Lipinski definition) is 2. The Balaban J connectivity index is 1.74. The molecule has 3 aromatic rings. The molecule has 0 radical (unpaired) electrons. The van der Waals surface area contributed by atoms with E-state index in [4.69, 9.17) is 11.6 Å². The summed E-state index contributed by atoms with van der Waals surface area (Å²) in [5, 5.41) is 13.5. The number of sulfonamides is 1. The molecule has 148 valence electrons. The van der Waals surface area contributed by atoms with Gasteiger partial charge in [0.1, 0.15) is 0 Å². The Bertz CT molecular complexity index is 1170. The summed E-state index contributed by atoms with van der Waals surface area (Å²) >= 11 is 5.96. The van der Waals surface area contributed by atoms with Crippen molar-refractivity contribution >= 4 is 44.6 Å². The first-order valence-corrected chi connectivity index (χ1v) is 10.1. The number of benzene rings is 3. The fourth-order valence-corrected chi connectivity index (χ4v) is 3.72. The molecular formula is C19H14ClN3O5S. The molecule has 0 saturated heterocycles. The van der Waals surface area contributed by atoms with Crippen LogP contribution in [0.25, 0.3) is 0 Å². The molecule has 2 N–H and O–H groups in total. The molecule has 8 nitrogen and oxygen atoms in total. The van der Waals surface area contributed by atoms with E-state index in [0.717, 1.165) is 6.07 Å². The van der Waals surface area contributed by atoms with E-state index in [0.29, 0.717) is 11.4 Å². The standard InChI is InChI=1S/C19H14ClN3O5S/c20-18-11-10-15(23(25)26)12-17(18)19(24)21-13-6-8-14(9-7-13)22-29(27,28)16-4-2-1-3-5-16/h1-12,22H,(H,21,24). The van der Waals surface area contributed by atoms with Crippen molar-refractivity contribution in [3.8, 4) is 0 Å². The number of halogens is 1. The molecule has 0 saturated carbocycles. The second kappa shape index (κ2) is 8.29. The minimum absolute atomic E-state index is 0.0466. The van der Waals surface area contributed by atoms with E-state index >= 15 is 0 Å². The van der Waals surface area contributed by atoms with Gasteiger partial charge in [-0.3, -0.25) is 19.6 Å². The highest BCUT2D eigenvalue weighted by Gasteiger charge is 2.17. The van der Waals surface area contributed by atoms with Crippen molar-refractivity contribution < 1.29 is 18.1 Å². The second-order valence-corrected chi connectivity index (χ2v) is 7.96. The van der Waals surface area contributed by atoms with Crippen molar-refractivity contribution in [3.63, 3.8) is 0 Å². The predicted octanol–water partition coefficient (Wildman–Crippen LogP) is 4.30. The van der Waals surface area contributed by atoms with Gasteiger partial charge in [-0.25, -0.2) is 8.42 Å². The number of hydrogen-bond acceptors (Lipinski definition) is 5. The number of nitro benzene ring substituents is 1.